The molecule has 0 saturated carbocycles. The summed E-state index contributed by atoms with van der Waals surface area (Å²) in [6.45, 7) is 0. The minimum atomic E-state index is 0.594. The van der Waals surface area contributed by atoms with Gasteiger partial charge in [-0.3, -0.25) is 0 Å². The number of benzene rings is 5. The monoisotopic (exact) mass is 386 g/mol. The average molecular weight is 386 g/mol. The van der Waals surface area contributed by atoms with E-state index in [9.17, 15) is 0 Å². The van der Waals surface area contributed by atoms with Gasteiger partial charge in [-0.05, 0) is 44.7 Å². The van der Waals surface area contributed by atoms with Gasteiger partial charge in [0, 0.05) is 5.56 Å². The molecule has 144 valence electrons. The van der Waals surface area contributed by atoms with E-state index in [4.69, 9.17) is 11.5 Å². The van der Waals surface area contributed by atoms with E-state index >= 15 is 0 Å². The predicted molar refractivity (Wildman–Crippen MR) is 129 cm³/mol. The molecule has 5 aromatic carbocycles. The second kappa shape index (κ2) is 7.41. The van der Waals surface area contributed by atoms with Crippen LogP contribution in [0.4, 0.5) is 11.4 Å². The summed E-state index contributed by atoms with van der Waals surface area (Å²) in [6, 6.07) is 37.5. The second-order valence-electron chi connectivity index (χ2n) is 7.44. The smallest absolute Gasteiger partial charge is 0.0634 e. The number of fused-ring (bicyclic) bond motifs is 1. The van der Waals surface area contributed by atoms with Crippen molar-refractivity contribution in [3.8, 4) is 33.4 Å². The topological polar surface area (TPSA) is 52.0 Å². The van der Waals surface area contributed by atoms with Crippen molar-refractivity contribution in [1.82, 2.24) is 0 Å². The molecule has 0 aliphatic heterocycles. The Labute approximate surface area is 176 Å². The number of nitrogens with two attached hydrogens (primary N) is 2. The van der Waals surface area contributed by atoms with Crippen LogP contribution in [0.5, 0.6) is 0 Å². The molecule has 0 fully saturated rings. The fourth-order valence-corrected chi connectivity index (χ4v) is 4.19. The summed E-state index contributed by atoms with van der Waals surface area (Å²) in [5, 5.41) is 2.34. The van der Waals surface area contributed by atoms with Crippen LogP contribution in [0.15, 0.2) is 109 Å². The highest BCUT2D eigenvalue weighted by molar-refractivity contribution is 6.09. The largest absolute Gasteiger partial charge is 0.397 e. The summed E-state index contributed by atoms with van der Waals surface area (Å²) < 4.78 is 0. The first-order valence-electron chi connectivity index (χ1n) is 10.0. The van der Waals surface area contributed by atoms with Gasteiger partial charge in [-0.1, -0.05) is 103 Å². The van der Waals surface area contributed by atoms with Crippen molar-refractivity contribution >= 4 is 22.1 Å². The van der Waals surface area contributed by atoms with Crippen molar-refractivity contribution in [2.24, 2.45) is 0 Å². The van der Waals surface area contributed by atoms with Crippen LogP contribution in [0.3, 0.4) is 0 Å². The van der Waals surface area contributed by atoms with Gasteiger partial charge >= 0.3 is 0 Å². The van der Waals surface area contributed by atoms with E-state index in [0.29, 0.717) is 11.4 Å². The van der Waals surface area contributed by atoms with Crippen LogP contribution in [0.1, 0.15) is 0 Å². The maximum atomic E-state index is 6.67. The summed E-state index contributed by atoms with van der Waals surface area (Å²) in [5.74, 6) is 0. The maximum Gasteiger partial charge on any atom is 0.0634 e. The van der Waals surface area contributed by atoms with Crippen molar-refractivity contribution in [3.05, 3.63) is 109 Å². The van der Waals surface area contributed by atoms with Gasteiger partial charge in [-0.15, -0.1) is 0 Å². The van der Waals surface area contributed by atoms with Gasteiger partial charge in [-0.2, -0.15) is 0 Å². The van der Waals surface area contributed by atoms with Crippen molar-refractivity contribution in [2.75, 3.05) is 11.5 Å². The zero-order valence-corrected chi connectivity index (χ0v) is 16.5. The molecule has 2 nitrogen and oxygen atoms in total. The minimum absolute atomic E-state index is 0.594. The molecule has 2 heteroatoms. The van der Waals surface area contributed by atoms with Gasteiger partial charge in [-0.25, -0.2) is 0 Å². The van der Waals surface area contributed by atoms with Crippen LogP contribution in [-0.4, -0.2) is 0 Å². The summed E-state index contributed by atoms with van der Waals surface area (Å²) >= 11 is 0. The Bertz CT molecular complexity index is 1330. The number of anilines is 2. The lowest BCUT2D eigenvalue weighted by Crippen LogP contribution is -2.02. The molecule has 0 unspecified atom stereocenters. The molecule has 0 spiro atoms. The van der Waals surface area contributed by atoms with Crippen LogP contribution in [0.2, 0.25) is 0 Å². The van der Waals surface area contributed by atoms with Crippen LogP contribution < -0.4 is 11.5 Å². The lowest BCUT2D eigenvalue weighted by molar-refractivity contribution is 1.56. The molecule has 0 saturated heterocycles. The molecule has 0 atom stereocenters. The molecule has 0 aliphatic rings. The molecule has 5 aromatic rings. The van der Waals surface area contributed by atoms with Crippen LogP contribution in [0.25, 0.3) is 44.2 Å². The highest BCUT2D eigenvalue weighted by atomic mass is 14.7. The Balaban J connectivity index is 1.95. The lowest BCUT2D eigenvalue weighted by Gasteiger charge is -2.21. The summed E-state index contributed by atoms with van der Waals surface area (Å²) in [5.41, 5.74) is 20.8. The normalized spacial score (nSPS) is 10.9. The first-order valence-corrected chi connectivity index (χ1v) is 10.0. The Hall–Kier alpha value is -4.04. The molecule has 30 heavy (non-hydrogen) atoms. The van der Waals surface area contributed by atoms with E-state index in [2.05, 4.69) is 78.9 Å². The predicted octanol–water partition coefficient (Wildman–Crippen LogP) is 7.01. The first-order chi connectivity index (χ1) is 14.7. The molecule has 0 amide bonds. The number of hydrogen-bond donors (Lipinski definition) is 2. The van der Waals surface area contributed by atoms with Crippen LogP contribution in [0, 0.1) is 0 Å². The summed E-state index contributed by atoms with van der Waals surface area (Å²) in [7, 11) is 0. The zero-order chi connectivity index (χ0) is 20.5. The molecule has 0 bridgehead atoms. The third kappa shape index (κ3) is 2.99. The molecule has 0 heterocycles. The van der Waals surface area contributed by atoms with E-state index in [1.54, 1.807) is 0 Å². The standard InChI is InChI=1S/C28H22N2/c29-25-18-24(20-10-3-1-4-11-20)26(21-13-5-2-6-14-21)27(28(25)30)23-17-9-15-19-12-7-8-16-22(19)23/h1-18H,29-30H2. The highest BCUT2D eigenvalue weighted by Crippen LogP contribution is 2.47. The fourth-order valence-electron chi connectivity index (χ4n) is 4.19. The van der Waals surface area contributed by atoms with Crippen molar-refractivity contribution in [3.63, 3.8) is 0 Å². The molecule has 0 radical (unpaired) electrons. The Morgan fingerprint density at radius 3 is 1.80 bits per heavy atom. The van der Waals surface area contributed by atoms with E-state index in [1.165, 1.54) is 5.39 Å². The van der Waals surface area contributed by atoms with Crippen molar-refractivity contribution < 1.29 is 0 Å². The van der Waals surface area contributed by atoms with E-state index in [-0.39, 0.29) is 0 Å². The molecular formula is C28H22N2. The van der Waals surface area contributed by atoms with Gasteiger partial charge in [0.1, 0.15) is 0 Å². The van der Waals surface area contributed by atoms with Crippen molar-refractivity contribution in [2.45, 2.75) is 0 Å². The van der Waals surface area contributed by atoms with Crippen LogP contribution >= 0.6 is 0 Å². The Kier molecular flexibility index (Phi) is 4.45. The molecule has 0 aliphatic carbocycles. The van der Waals surface area contributed by atoms with E-state index < -0.39 is 0 Å². The number of nitrogen functional groups attached to an aromatic ring is 2. The first kappa shape index (κ1) is 18.0. The maximum absolute atomic E-state index is 6.67. The lowest BCUT2D eigenvalue weighted by atomic mass is 9.84. The molecule has 0 aromatic heterocycles. The van der Waals surface area contributed by atoms with Gasteiger partial charge < -0.3 is 11.5 Å². The van der Waals surface area contributed by atoms with Gasteiger partial charge in [0.25, 0.3) is 0 Å². The number of rotatable bonds is 3. The van der Waals surface area contributed by atoms with Gasteiger partial charge in [0.05, 0.1) is 11.4 Å². The quantitative estimate of drug-likeness (QED) is 0.328. The van der Waals surface area contributed by atoms with Crippen LogP contribution in [-0.2, 0) is 0 Å². The van der Waals surface area contributed by atoms with Gasteiger partial charge in [0.15, 0.2) is 0 Å². The SMILES string of the molecule is Nc1cc(-c2ccccc2)c(-c2ccccc2)c(-c2cccc3ccccc23)c1N. The Morgan fingerprint density at radius 1 is 0.467 bits per heavy atom. The molecule has 4 N–H and O–H groups in total. The number of hydrogen-bond acceptors (Lipinski definition) is 2. The van der Waals surface area contributed by atoms with Crippen molar-refractivity contribution in [1.29, 1.82) is 0 Å². The second-order valence-corrected chi connectivity index (χ2v) is 7.44. The highest BCUT2D eigenvalue weighted by Gasteiger charge is 2.20. The average Bonchev–Trinajstić information content (AvgIpc) is 2.81. The minimum Gasteiger partial charge on any atom is -0.397 e. The Morgan fingerprint density at radius 2 is 1.07 bits per heavy atom. The van der Waals surface area contributed by atoms with E-state index in [0.717, 1.165) is 38.8 Å². The van der Waals surface area contributed by atoms with E-state index in [1.807, 2.05) is 30.3 Å². The summed E-state index contributed by atoms with van der Waals surface area (Å²) in [4.78, 5) is 0. The summed E-state index contributed by atoms with van der Waals surface area (Å²) in [6.07, 6.45) is 0. The third-order valence-corrected chi connectivity index (χ3v) is 5.61. The fraction of sp³-hybridized carbons (Fsp3) is 0. The van der Waals surface area contributed by atoms with Gasteiger partial charge in [0.2, 0.25) is 0 Å². The molecular weight excluding hydrogens is 364 g/mol. The zero-order valence-electron chi connectivity index (χ0n) is 16.5. The molecule has 5 rings (SSSR count). The third-order valence-electron chi connectivity index (χ3n) is 5.61.